The van der Waals surface area contributed by atoms with Crippen LogP contribution in [0.3, 0.4) is 0 Å². The second-order valence-electron chi connectivity index (χ2n) is 6.59. The molecule has 4 nitrogen and oxygen atoms in total. The third-order valence-electron chi connectivity index (χ3n) is 4.14. The Hall–Kier alpha value is -1.65. The summed E-state index contributed by atoms with van der Waals surface area (Å²) in [4.78, 5) is 10.2. The molecule has 1 aliphatic carbocycles. The number of hydrogen-bond acceptors (Lipinski definition) is 3. The lowest BCUT2D eigenvalue weighted by Gasteiger charge is -2.40. The summed E-state index contributed by atoms with van der Waals surface area (Å²) in [5.74, 6) is -0.119. The minimum Gasteiger partial charge on any atom is -0.382 e. The maximum atomic E-state index is 13.4. The molecule has 2 atom stereocenters. The van der Waals surface area contributed by atoms with E-state index in [1.54, 1.807) is 0 Å². The van der Waals surface area contributed by atoms with Gasteiger partial charge in [0, 0.05) is 17.8 Å². The first-order valence-electron chi connectivity index (χ1n) is 6.98. The van der Waals surface area contributed by atoms with E-state index in [-0.39, 0.29) is 11.7 Å². The van der Waals surface area contributed by atoms with Gasteiger partial charge in [-0.15, -0.1) is 0 Å². The lowest BCUT2D eigenvalue weighted by atomic mass is 9.70. The molecule has 0 aromatic heterocycles. The number of non-ortho nitro benzene ring substituents is 1. The molecule has 2 rings (SSSR count). The van der Waals surface area contributed by atoms with Gasteiger partial charge in [0.25, 0.3) is 5.69 Å². The van der Waals surface area contributed by atoms with Crippen molar-refractivity contribution >= 4 is 11.4 Å². The molecule has 110 valence electrons. The van der Waals surface area contributed by atoms with Crippen LogP contribution in [-0.4, -0.2) is 11.0 Å². The summed E-state index contributed by atoms with van der Waals surface area (Å²) in [6, 6.07) is 3.90. The molecule has 1 fully saturated rings. The van der Waals surface area contributed by atoms with Crippen LogP contribution in [0.5, 0.6) is 0 Å². The predicted octanol–water partition coefficient (Wildman–Crippen LogP) is 4.36. The van der Waals surface area contributed by atoms with Crippen molar-refractivity contribution in [3.05, 3.63) is 34.1 Å². The van der Waals surface area contributed by atoms with E-state index in [2.05, 4.69) is 26.1 Å². The molecular formula is C15H21FN2O2. The van der Waals surface area contributed by atoms with Crippen LogP contribution in [-0.2, 0) is 0 Å². The summed E-state index contributed by atoms with van der Waals surface area (Å²) in [7, 11) is 0. The Morgan fingerprint density at radius 2 is 2.10 bits per heavy atom. The Labute approximate surface area is 118 Å². The second kappa shape index (κ2) is 5.38. The third-order valence-corrected chi connectivity index (χ3v) is 4.14. The van der Waals surface area contributed by atoms with Crippen molar-refractivity contribution in [2.45, 2.75) is 46.1 Å². The maximum Gasteiger partial charge on any atom is 0.274 e. The molecular weight excluding hydrogens is 259 g/mol. The summed E-state index contributed by atoms with van der Waals surface area (Å²) in [5, 5.41) is 14.0. The molecule has 2 unspecified atom stereocenters. The van der Waals surface area contributed by atoms with Gasteiger partial charge in [-0.2, -0.15) is 0 Å². The lowest BCUT2D eigenvalue weighted by molar-refractivity contribution is -0.385. The zero-order valence-corrected chi connectivity index (χ0v) is 12.1. The van der Waals surface area contributed by atoms with Crippen molar-refractivity contribution in [3.8, 4) is 0 Å². The molecule has 0 aliphatic heterocycles. The highest BCUT2D eigenvalue weighted by atomic mass is 19.1. The average molecular weight is 280 g/mol. The fraction of sp³-hybridized carbons (Fsp3) is 0.600. The standard InChI is InChI=1S/C15H21FN2O2/c1-10-9-15(2,3)5-4-14(10)17-12-6-11(16)7-13(8-12)18(19)20/h6-8,10,14,17H,4-5,9H2,1-3H3. The minimum absolute atomic E-state index is 0.212. The molecule has 1 N–H and O–H groups in total. The van der Waals surface area contributed by atoms with Crippen molar-refractivity contribution in [1.82, 2.24) is 0 Å². The van der Waals surface area contributed by atoms with Crippen LogP contribution < -0.4 is 5.32 Å². The lowest BCUT2D eigenvalue weighted by Crippen LogP contribution is -2.36. The monoisotopic (exact) mass is 280 g/mol. The Bertz CT molecular complexity index is 517. The molecule has 1 aliphatic rings. The van der Waals surface area contributed by atoms with Crippen molar-refractivity contribution < 1.29 is 9.31 Å². The molecule has 0 saturated heterocycles. The summed E-state index contributed by atoms with van der Waals surface area (Å²) in [6.07, 6.45) is 3.20. The van der Waals surface area contributed by atoms with Crippen LogP contribution in [0, 0.1) is 27.3 Å². The smallest absolute Gasteiger partial charge is 0.274 e. The molecule has 1 saturated carbocycles. The van der Waals surface area contributed by atoms with E-state index in [9.17, 15) is 14.5 Å². The van der Waals surface area contributed by atoms with Crippen molar-refractivity contribution in [2.75, 3.05) is 5.32 Å². The molecule has 20 heavy (non-hydrogen) atoms. The predicted molar refractivity (Wildman–Crippen MR) is 77.3 cm³/mol. The number of nitro benzene ring substituents is 1. The van der Waals surface area contributed by atoms with E-state index < -0.39 is 10.7 Å². The highest BCUT2D eigenvalue weighted by Crippen LogP contribution is 2.39. The SMILES string of the molecule is CC1CC(C)(C)CCC1Nc1cc(F)cc([N+](=O)[O-])c1. The fourth-order valence-electron chi connectivity index (χ4n) is 3.14. The van der Waals surface area contributed by atoms with Gasteiger partial charge in [0.2, 0.25) is 0 Å². The first kappa shape index (κ1) is 14.8. The normalized spacial score (nSPS) is 25.2. The van der Waals surface area contributed by atoms with Gasteiger partial charge in [0.15, 0.2) is 0 Å². The van der Waals surface area contributed by atoms with Gasteiger partial charge in [0.1, 0.15) is 5.82 Å². The quantitative estimate of drug-likeness (QED) is 0.661. The molecule has 0 heterocycles. The van der Waals surface area contributed by atoms with Crippen LogP contribution >= 0.6 is 0 Å². The molecule has 1 aromatic rings. The number of halogens is 1. The number of rotatable bonds is 3. The molecule has 0 spiro atoms. The van der Waals surface area contributed by atoms with E-state index in [1.165, 1.54) is 12.1 Å². The van der Waals surface area contributed by atoms with Crippen LogP contribution in [0.15, 0.2) is 18.2 Å². The summed E-state index contributed by atoms with van der Waals surface area (Å²) >= 11 is 0. The maximum absolute atomic E-state index is 13.4. The van der Waals surface area contributed by atoms with Gasteiger partial charge < -0.3 is 5.32 Å². The first-order chi connectivity index (χ1) is 9.27. The molecule has 0 radical (unpaired) electrons. The first-order valence-corrected chi connectivity index (χ1v) is 6.98. The van der Waals surface area contributed by atoms with Crippen LogP contribution in [0.25, 0.3) is 0 Å². The summed E-state index contributed by atoms with van der Waals surface area (Å²) < 4.78 is 13.4. The number of nitrogens with zero attached hydrogens (tertiary/aromatic N) is 1. The third kappa shape index (κ3) is 3.46. The number of benzene rings is 1. The van der Waals surface area contributed by atoms with Gasteiger partial charge >= 0.3 is 0 Å². The largest absolute Gasteiger partial charge is 0.382 e. The number of anilines is 1. The fourth-order valence-corrected chi connectivity index (χ4v) is 3.14. The van der Waals surface area contributed by atoms with Crippen LogP contribution in [0.1, 0.15) is 40.0 Å². The van der Waals surface area contributed by atoms with Crippen LogP contribution in [0.4, 0.5) is 15.8 Å². The Kier molecular flexibility index (Phi) is 3.97. The Morgan fingerprint density at radius 1 is 1.40 bits per heavy atom. The van der Waals surface area contributed by atoms with Gasteiger partial charge in [-0.1, -0.05) is 20.8 Å². The Morgan fingerprint density at radius 3 is 2.70 bits per heavy atom. The highest BCUT2D eigenvalue weighted by Gasteiger charge is 2.32. The van der Waals surface area contributed by atoms with Crippen molar-refractivity contribution in [3.63, 3.8) is 0 Å². The Balaban J connectivity index is 2.12. The van der Waals surface area contributed by atoms with Gasteiger partial charge in [-0.05, 0) is 36.7 Å². The van der Waals surface area contributed by atoms with E-state index in [0.717, 1.165) is 25.3 Å². The van der Waals surface area contributed by atoms with Crippen molar-refractivity contribution in [2.24, 2.45) is 11.3 Å². The van der Waals surface area contributed by atoms with E-state index in [0.29, 0.717) is 17.0 Å². The number of hydrogen-bond donors (Lipinski definition) is 1. The van der Waals surface area contributed by atoms with E-state index in [4.69, 9.17) is 0 Å². The zero-order valence-electron chi connectivity index (χ0n) is 12.1. The molecule has 0 amide bonds. The topological polar surface area (TPSA) is 55.2 Å². The summed E-state index contributed by atoms with van der Waals surface area (Å²) in [6.45, 7) is 6.69. The average Bonchev–Trinajstić information content (AvgIpc) is 2.31. The number of nitro groups is 1. The zero-order chi connectivity index (χ0) is 14.9. The van der Waals surface area contributed by atoms with Crippen LogP contribution in [0.2, 0.25) is 0 Å². The molecule has 5 heteroatoms. The number of nitrogens with one attached hydrogen (secondary N) is 1. The molecule has 0 bridgehead atoms. The van der Waals surface area contributed by atoms with E-state index >= 15 is 0 Å². The van der Waals surface area contributed by atoms with Gasteiger partial charge in [0.05, 0.1) is 11.0 Å². The minimum atomic E-state index is -0.578. The van der Waals surface area contributed by atoms with Gasteiger partial charge in [-0.25, -0.2) is 4.39 Å². The summed E-state index contributed by atoms with van der Waals surface area (Å²) in [5.41, 5.74) is 0.621. The van der Waals surface area contributed by atoms with Crippen molar-refractivity contribution in [1.29, 1.82) is 0 Å². The van der Waals surface area contributed by atoms with Gasteiger partial charge in [-0.3, -0.25) is 10.1 Å². The molecule has 1 aromatic carbocycles. The van der Waals surface area contributed by atoms with E-state index in [1.807, 2.05) is 0 Å². The second-order valence-corrected chi connectivity index (χ2v) is 6.59. The highest BCUT2D eigenvalue weighted by molar-refractivity contribution is 5.52.